The minimum atomic E-state index is -3.56. The zero-order chi connectivity index (χ0) is 13.9. The maximum Gasteiger partial charge on any atom is 0.244 e. The first-order valence-electron chi connectivity index (χ1n) is 6.44. The lowest BCUT2D eigenvalue weighted by Gasteiger charge is -2.20. The van der Waals surface area contributed by atoms with Gasteiger partial charge in [0.1, 0.15) is 10.6 Å². The Morgan fingerprint density at radius 1 is 1.35 bits per heavy atom. The number of nitrogens with two attached hydrogens (primary N) is 1. The molecule has 1 saturated carbocycles. The molecular weight excluding hydrogens is 300 g/mol. The molecule has 3 N–H and O–H groups in total. The van der Waals surface area contributed by atoms with E-state index < -0.39 is 10.0 Å². The molecule has 0 amide bonds. The molecule has 0 bridgehead atoms. The van der Waals surface area contributed by atoms with Crippen LogP contribution in [0.15, 0.2) is 29.2 Å². The van der Waals surface area contributed by atoms with E-state index in [2.05, 4.69) is 4.72 Å². The van der Waals surface area contributed by atoms with Gasteiger partial charge in [0.2, 0.25) is 10.0 Å². The molecule has 0 saturated heterocycles. The number of halogens is 1. The van der Waals surface area contributed by atoms with Gasteiger partial charge in [0.15, 0.2) is 0 Å². The minimum Gasteiger partial charge on any atom is -0.495 e. The summed E-state index contributed by atoms with van der Waals surface area (Å²) in [6, 6.07) is 6.55. The first-order chi connectivity index (χ1) is 9.08. The van der Waals surface area contributed by atoms with Crippen LogP contribution < -0.4 is 15.2 Å². The molecule has 5 nitrogen and oxygen atoms in total. The summed E-state index contributed by atoms with van der Waals surface area (Å²) < 4.78 is 32.7. The summed E-state index contributed by atoms with van der Waals surface area (Å²) in [5.41, 5.74) is 5.68. The van der Waals surface area contributed by atoms with Crippen molar-refractivity contribution in [3.8, 4) is 5.75 Å². The van der Waals surface area contributed by atoms with Crippen molar-refractivity contribution >= 4 is 22.4 Å². The predicted octanol–water partition coefficient (Wildman–Crippen LogP) is 1.52. The van der Waals surface area contributed by atoms with Crippen molar-refractivity contribution in [2.45, 2.75) is 30.2 Å². The Hall–Kier alpha value is -0.820. The van der Waals surface area contributed by atoms with Gasteiger partial charge in [-0.1, -0.05) is 18.6 Å². The van der Waals surface area contributed by atoms with Crippen LogP contribution in [0.3, 0.4) is 0 Å². The van der Waals surface area contributed by atoms with Crippen molar-refractivity contribution in [3.05, 3.63) is 24.3 Å². The highest BCUT2D eigenvalue weighted by atomic mass is 35.5. The van der Waals surface area contributed by atoms with Gasteiger partial charge in [-0.25, -0.2) is 13.1 Å². The molecular formula is C13H21ClN2O3S. The lowest BCUT2D eigenvalue weighted by molar-refractivity contribution is 0.400. The normalized spacial score (nSPS) is 22.3. The van der Waals surface area contributed by atoms with Gasteiger partial charge in [-0.3, -0.25) is 0 Å². The van der Waals surface area contributed by atoms with Crippen LogP contribution in [0.2, 0.25) is 0 Å². The number of hydrogen-bond acceptors (Lipinski definition) is 4. The van der Waals surface area contributed by atoms with Gasteiger partial charge in [0.05, 0.1) is 7.11 Å². The van der Waals surface area contributed by atoms with Gasteiger partial charge < -0.3 is 10.5 Å². The van der Waals surface area contributed by atoms with E-state index in [0.717, 1.165) is 19.3 Å². The van der Waals surface area contributed by atoms with E-state index >= 15 is 0 Å². The van der Waals surface area contributed by atoms with E-state index in [1.54, 1.807) is 24.3 Å². The Kier molecular flexibility index (Phi) is 6.26. The van der Waals surface area contributed by atoms with Crippen molar-refractivity contribution in [1.29, 1.82) is 0 Å². The van der Waals surface area contributed by atoms with E-state index in [1.165, 1.54) is 7.11 Å². The Morgan fingerprint density at radius 2 is 2.05 bits per heavy atom. The average Bonchev–Trinajstić information content (AvgIpc) is 2.85. The van der Waals surface area contributed by atoms with Gasteiger partial charge in [0, 0.05) is 6.04 Å². The molecule has 1 aliphatic carbocycles. The van der Waals surface area contributed by atoms with Gasteiger partial charge >= 0.3 is 0 Å². The van der Waals surface area contributed by atoms with E-state index in [0.29, 0.717) is 12.3 Å². The van der Waals surface area contributed by atoms with E-state index in [1.807, 2.05) is 0 Å². The molecule has 2 unspecified atom stereocenters. The number of hydrogen-bond donors (Lipinski definition) is 2. The fourth-order valence-electron chi connectivity index (χ4n) is 2.58. The zero-order valence-electron chi connectivity index (χ0n) is 11.4. The molecule has 0 aromatic heterocycles. The van der Waals surface area contributed by atoms with Gasteiger partial charge in [-0.15, -0.1) is 12.4 Å². The maximum atomic E-state index is 12.4. The Bertz CT molecular complexity index is 536. The molecule has 1 aliphatic rings. The van der Waals surface area contributed by atoms with Crippen molar-refractivity contribution < 1.29 is 13.2 Å². The van der Waals surface area contributed by atoms with Crippen molar-refractivity contribution in [2.75, 3.05) is 13.7 Å². The molecule has 2 atom stereocenters. The summed E-state index contributed by atoms with van der Waals surface area (Å²) >= 11 is 0. The molecule has 1 aromatic carbocycles. The summed E-state index contributed by atoms with van der Waals surface area (Å²) in [6.45, 7) is 0.513. The predicted molar refractivity (Wildman–Crippen MR) is 80.7 cm³/mol. The third kappa shape index (κ3) is 3.63. The summed E-state index contributed by atoms with van der Waals surface area (Å²) in [6.07, 6.45) is 2.84. The standard InChI is InChI=1S/C13H20N2O3S.ClH/c1-18-12-7-2-3-8-13(12)19(16,17)15-11-6-4-5-10(11)9-14;/h2-3,7-8,10-11,15H,4-6,9,14H2,1H3;1H. The minimum absolute atomic E-state index is 0. The second-order valence-electron chi connectivity index (χ2n) is 4.81. The highest BCUT2D eigenvalue weighted by Crippen LogP contribution is 2.28. The molecule has 0 radical (unpaired) electrons. The summed E-state index contributed by atoms with van der Waals surface area (Å²) in [4.78, 5) is 0.181. The second-order valence-corrected chi connectivity index (χ2v) is 6.49. The van der Waals surface area contributed by atoms with Gasteiger partial charge in [-0.2, -0.15) is 0 Å². The van der Waals surface area contributed by atoms with Crippen LogP contribution >= 0.6 is 12.4 Å². The largest absolute Gasteiger partial charge is 0.495 e. The van der Waals surface area contributed by atoms with Crippen LogP contribution in [0.25, 0.3) is 0 Å². The average molecular weight is 321 g/mol. The molecule has 1 aromatic rings. The smallest absolute Gasteiger partial charge is 0.244 e. The van der Waals surface area contributed by atoms with Crippen molar-refractivity contribution in [3.63, 3.8) is 0 Å². The molecule has 114 valence electrons. The molecule has 0 heterocycles. The summed E-state index contributed by atoms with van der Waals surface area (Å²) in [5.74, 6) is 0.585. The number of rotatable bonds is 5. The fourth-order valence-corrected chi connectivity index (χ4v) is 4.09. The van der Waals surface area contributed by atoms with Crippen molar-refractivity contribution in [1.82, 2.24) is 4.72 Å². The monoisotopic (exact) mass is 320 g/mol. The third-order valence-corrected chi connectivity index (χ3v) is 5.16. The number of benzene rings is 1. The first kappa shape index (κ1) is 17.2. The molecule has 7 heteroatoms. The lowest BCUT2D eigenvalue weighted by Crippen LogP contribution is -2.39. The van der Waals surface area contributed by atoms with Crippen LogP contribution in [0.1, 0.15) is 19.3 Å². The molecule has 0 aliphatic heterocycles. The molecule has 0 spiro atoms. The second kappa shape index (κ2) is 7.26. The molecule has 20 heavy (non-hydrogen) atoms. The maximum absolute atomic E-state index is 12.4. The number of ether oxygens (including phenoxy) is 1. The lowest BCUT2D eigenvalue weighted by atomic mass is 10.1. The van der Waals surface area contributed by atoms with Crippen LogP contribution in [-0.4, -0.2) is 28.1 Å². The molecule has 1 fully saturated rings. The van der Waals surface area contributed by atoms with E-state index in [4.69, 9.17) is 10.5 Å². The highest BCUT2D eigenvalue weighted by molar-refractivity contribution is 7.89. The fraction of sp³-hybridized carbons (Fsp3) is 0.538. The zero-order valence-corrected chi connectivity index (χ0v) is 13.0. The quantitative estimate of drug-likeness (QED) is 0.862. The third-order valence-electron chi connectivity index (χ3n) is 3.63. The van der Waals surface area contributed by atoms with Gasteiger partial charge in [-0.05, 0) is 37.4 Å². The topological polar surface area (TPSA) is 81.4 Å². The Morgan fingerprint density at radius 3 is 2.70 bits per heavy atom. The Balaban J connectivity index is 0.00000200. The van der Waals surface area contributed by atoms with E-state index in [9.17, 15) is 8.42 Å². The number of para-hydroxylation sites is 1. The van der Waals surface area contributed by atoms with Crippen LogP contribution in [-0.2, 0) is 10.0 Å². The van der Waals surface area contributed by atoms with E-state index in [-0.39, 0.29) is 29.3 Å². The molecule has 2 rings (SSSR count). The van der Waals surface area contributed by atoms with Gasteiger partial charge in [0.25, 0.3) is 0 Å². The highest BCUT2D eigenvalue weighted by Gasteiger charge is 2.31. The number of nitrogens with one attached hydrogen (secondary N) is 1. The number of methoxy groups -OCH3 is 1. The number of sulfonamides is 1. The van der Waals surface area contributed by atoms with Crippen LogP contribution in [0, 0.1) is 5.92 Å². The SMILES string of the molecule is COc1ccccc1S(=O)(=O)NC1CCCC1CN.Cl. The van der Waals surface area contributed by atoms with Crippen LogP contribution in [0.5, 0.6) is 5.75 Å². The Labute approximate surface area is 126 Å². The summed E-state index contributed by atoms with van der Waals surface area (Å²) in [5, 5.41) is 0. The van der Waals surface area contributed by atoms with Crippen molar-refractivity contribution in [2.24, 2.45) is 11.7 Å². The van der Waals surface area contributed by atoms with Crippen LogP contribution in [0.4, 0.5) is 0 Å². The summed E-state index contributed by atoms with van der Waals surface area (Å²) in [7, 11) is -2.10. The first-order valence-corrected chi connectivity index (χ1v) is 7.92.